The van der Waals surface area contributed by atoms with Crippen molar-refractivity contribution in [3.8, 4) is 5.88 Å². The van der Waals surface area contributed by atoms with Crippen molar-refractivity contribution in [2.24, 2.45) is 0 Å². The first-order valence-electron chi connectivity index (χ1n) is 4.70. The van der Waals surface area contributed by atoms with Crippen molar-refractivity contribution < 1.29 is 13.2 Å². The molecule has 0 aliphatic carbocycles. The van der Waals surface area contributed by atoms with Gasteiger partial charge in [-0.15, -0.1) is 0 Å². The smallest absolute Gasteiger partial charge is 0.262 e. The van der Waals surface area contributed by atoms with Gasteiger partial charge in [0.05, 0.1) is 12.7 Å². The number of hydrogen-bond donors (Lipinski definition) is 0. The molecule has 2 heterocycles. The molecule has 1 aromatic heterocycles. The molecule has 5 nitrogen and oxygen atoms in total. The van der Waals surface area contributed by atoms with E-state index in [0.29, 0.717) is 18.1 Å². The molecule has 1 aliphatic rings. The summed E-state index contributed by atoms with van der Waals surface area (Å²) >= 11 is 0. The monoisotopic (exact) mass is 262 g/mol. The van der Waals surface area contributed by atoms with E-state index in [9.17, 15) is 8.42 Å². The minimum Gasteiger partial charge on any atom is -0.471 e. The van der Waals surface area contributed by atoms with Gasteiger partial charge in [-0.3, -0.25) is 0 Å². The number of pyridine rings is 1. The average molecular weight is 263 g/mol. The van der Waals surface area contributed by atoms with Crippen LogP contribution in [0.15, 0.2) is 17.2 Å². The number of hydrogen-bond acceptors (Lipinski definition) is 5. The molecule has 0 unspecified atom stereocenters. The zero-order valence-corrected chi connectivity index (χ0v) is 10.4. The van der Waals surface area contributed by atoms with E-state index in [2.05, 4.69) is 4.98 Å². The third kappa shape index (κ3) is 2.08. The highest BCUT2D eigenvalue weighted by molar-refractivity contribution is 8.13. The zero-order chi connectivity index (χ0) is 11.9. The van der Waals surface area contributed by atoms with Crippen LogP contribution < -0.4 is 9.64 Å². The second-order valence-electron chi connectivity index (χ2n) is 3.74. The van der Waals surface area contributed by atoms with E-state index in [1.807, 2.05) is 18.9 Å². The zero-order valence-electron chi connectivity index (χ0n) is 8.84. The molecule has 0 radical (unpaired) electrons. The number of ether oxygens (including phenoxy) is 1. The summed E-state index contributed by atoms with van der Waals surface area (Å²) in [5.74, 6) is 0.435. The van der Waals surface area contributed by atoms with Crippen LogP contribution in [-0.4, -0.2) is 33.1 Å². The highest BCUT2D eigenvalue weighted by atomic mass is 35.7. The van der Waals surface area contributed by atoms with Gasteiger partial charge in [-0.05, 0) is 13.0 Å². The second kappa shape index (κ2) is 3.78. The molecule has 1 aliphatic heterocycles. The summed E-state index contributed by atoms with van der Waals surface area (Å²) in [5, 5.41) is 0. The summed E-state index contributed by atoms with van der Waals surface area (Å²) in [7, 11) is 3.36. The Morgan fingerprint density at radius 2 is 2.31 bits per heavy atom. The molecule has 1 atom stereocenters. The van der Waals surface area contributed by atoms with E-state index in [1.165, 1.54) is 12.3 Å². The molecule has 7 heteroatoms. The summed E-state index contributed by atoms with van der Waals surface area (Å²) in [6.07, 6.45) is 1.23. The van der Waals surface area contributed by atoms with Crippen LogP contribution in [0.4, 0.5) is 5.69 Å². The van der Waals surface area contributed by atoms with E-state index in [0.717, 1.165) is 0 Å². The van der Waals surface area contributed by atoms with Crippen LogP contribution in [-0.2, 0) is 9.05 Å². The van der Waals surface area contributed by atoms with Crippen LogP contribution in [0.5, 0.6) is 5.88 Å². The number of fused-ring (bicyclic) bond motifs is 1. The van der Waals surface area contributed by atoms with Gasteiger partial charge in [0.1, 0.15) is 16.7 Å². The predicted octanol–water partition coefficient (Wildman–Crippen LogP) is 1.23. The van der Waals surface area contributed by atoms with Gasteiger partial charge in [0.15, 0.2) is 0 Å². The molecule has 0 fully saturated rings. The van der Waals surface area contributed by atoms with Gasteiger partial charge in [0.25, 0.3) is 9.05 Å². The predicted molar refractivity (Wildman–Crippen MR) is 60.6 cm³/mol. The standard InChI is InChI=1S/C9H11ClN2O3S/c1-6-5-12(2)8-3-7(16(10,13)14)4-11-9(8)15-6/h3-4,6H,5H2,1-2H3/t6-/m1/s1. The Bertz CT molecular complexity index is 517. The number of anilines is 1. The maximum Gasteiger partial charge on any atom is 0.262 e. The number of nitrogens with zero attached hydrogens (tertiary/aromatic N) is 2. The molecule has 1 aromatic rings. The lowest BCUT2D eigenvalue weighted by molar-refractivity contribution is 0.206. The Kier molecular flexibility index (Phi) is 2.71. The Morgan fingerprint density at radius 3 is 2.94 bits per heavy atom. The molecule has 0 saturated carbocycles. The normalized spacial score (nSPS) is 20.2. The Hall–Kier alpha value is -1.01. The molecule has 0 aromatic carbocycles. The van der Waals surface area contributed by atoms with Gasteiger partial charge in [0, 0.05) is 17.7 Å². The van der Waals surface area contributed by atoms with Crippen molar-refractivity contribution in [1.29, 1.82) is 0 Å². The Labute approximate surface area is 98.4 Å². The van der Waals surface area contributed by atoms with Crippen molar-refractivity contribution in [2.45, 2.75) is 17.9 Å². The van der Waals surface area contributed by atoms with Crippen LogP contribution in [0.2, 0.25) is 0 Å². The first-order valence-corrected chi connectivity index (χ1v) is 7.01. The van der Waals surface area contributed by atoms with Crippen molar-refractivity contribution in [3.05, 3.63) is 12.3 Å². The number of halogens is 1. The van der Waals surface area contributed by atoms with E-state index in [1.54, 1.807) is 0 Å². The molecule has 0 N–H and O–H groups in total. The van der Waals surface area contributed by atoms with Crippen LogP contribution >= 0.6 is 10.7 Å². The van der Waals surface area contributed by atoms with Crippen LogP contribution in [0.1, 0.15) is 6.92 Å². The SMILES string of the molecule is C[C@@H]1CN(C)c2cc(S(=O)(=O)Cl)cnc2O1. The molecule has 16 heavy (non-hydrogen) atoms. The van der Waals surface area contributed by atoms with E-state index in [-0.39, 0.29) is 11.0 Å². The summed E-state index contributed by atoms with van der Waals surface area (Å²) in [5.41, 5.74) is 0.639. The minimum atomic E-state index is -3.75. The Morgan fingerprint density at radius 1 is 1.62 bits per heavy atom. The summed E-state index contributed by atoms with van der Waals surface area (Å²) < 4.78 is 27.8. The van der Waals surface area contributed by atoms with E-state index >= 15 is 0 Å². The third-order valence-electron chi connectivity index (χ3n) is 2.34. The molecule has 0 bridgehead atoms. The van der Waals surface area contributed by atoms with Crippen molar-refractivity contribution in [3.63, 3.8) is 0 Å². The fraction of sp³-hybridized carbons (Fsp3) is 0.444. The van der Waals surface area contributed by atoms with Crippen molar-refractivity contribution in [2.75, 3.05) is 18.5 Å². The van der Waals surface area contributed by atoms with Crippen molar-refractivity contribution >= 4 is 25.4 Å². The fourth-order valence-electron chi connectivity index (χ4n) is 1.63. The summed E-state index contributed by atoms with van der Waals surface area (Å²) in [6, 6.07) is 1.47. The lowest BCUT2D eigenvalue weighted by Gasteiger charge is -2.31. The lowest BCUT2D eigenvalue weighted by atomic mass is 10.2. The van der Waals surface area contributed by atoms with Gasteiger partial charge in [-0.2, -0.15) is 0 Å². The third-order valence-corrected chi connectivity index (χ3v) is 3.66. The van der Waals surface area contributed by atoms with Gasteiger partial charge < -0.3 is 9.64 Å². The molecule has 0 spiro atoms. The van der Waals surface area contributed by atoms with Crippen molar-refractivity contribution in [1.82, 2.24) is 4.98 Å². The molecule has 88 valence electrons. The maximum absolute atomic E-state index is 11.2. The quantitative estimate of drug-likeness (QED) is 0.713. The number of aromatic nitrogens is 1. The molecule has 0 saturated heterocycles. The highest BCUT2D eigenvalue weighted by Gasteiger charge is 2.23. The van der Waals surface area contributed by atoms with E-state index < -0.39 is 9.05 Å². The van der Waals surface area contributed by atoms with Gasteiger partial charge in [0.2, 0.25) is 5.88 Å². The minimum absolute atomic E-state index is 0.0158. The number of likely N-dealkylation sites (N-methyl/N-ethyl adjacent to an activating group) is 1. The largest absolute Gasteiger partial charge is 0.471 e. The second-order valence-corrected chi connectivity index (χ2v) is 6.31. The van der Waals surface area contributed by atoms with E-state index in [4.69, 9.17) is 15.4 Å². The summed E-state index contributed by atoms with van der Waals surface area (Å²) in [4.78, 5) is 5.83. The topological polar surface area (TPSA) is 59.5 Å². The van der Waals surface area contributed by atoms with Gasteiger partial charge in [-0.1, -0.05) is 0 Å². The molecular formula is C9H11ClN2O3S. The highest BCUT2D eigenvalue weighted by Crippen LogP contribution is 2.32. The van der Waals surface area contributed by atoms with Crippen LogP contribution in [0, 0.1) is 0 Å². The lowest BCUT2D eigenvalue weighted by Crippen LogP contribution is -2.36. The van der Waals surface area contributed by atoms with Gasteiger partial charge in [-0.25, -0.2) is 13.4 Å². The van der Waals surface area contributed by atoms with Gasteiger partial charge >= 0.3 is 0 Å². The van der Waals surface area contributed by atoms with Crippen LogP contribution in [0.3, 0.4) is 0 Å². The first-order chi connectivity index (χ1) is 7.38. The maximum atomic E-state index is 11.2. The number of rotatable bonds is 1. The molecule has 0 amide bonds. The first kappa shape index (κ1) is 11.5. The molecular weight excluding hydrogens is 252 g/mol. The average Bonchev–Trinajstić information content (AvgIpc) is 2.15. The van der Waals surface area contributed by atoms with Crippen LogP contribution in [0.25, 0.3) is 0 Å². The molecule has 2 rings (SSSR count). The fourth-order valence-corrected chi connectivity index (χ4v) is 2.32. The Balaban J connectivity index is 2.51. The summed E-state index contributed by atoms with van der Waals surface area (Å²) in [6.45, 7) is 2.60.